The van der Waals surface area contributed by atoms with Crippen molar-refractivity contribution in [2.75, 3.05) is 11.8 Å². The molecular formula is C16H19Cl2NS. The lowest BCUT2D eigenvalue weighted by Gasteiger charge is -2.31. The van der Waals surface area contributed by atoms with Crippen LogP contribution in [0, 0.1) is 20.8 Å². The fourth-order valence-electron chi connectivity index (χ4n) is 2.44. The minimum absolute atomic E-state index is 0.245. The van der Waals surface area contributed by atoms with Crippen molar-refractivity contribution in [3.05, 3.63) is 51.0 Å². The van der Waals surface area contributed by atoms with E-state index in [4.69, 9.17) is 23.2 Å². The number of nitrogens with zero attached hydrogens (tertiary/aromatic N) is 1. The number of alkyl halides is 2. The van der Waals surface area contributed by atoms with Crippen molar-refractivity contribution in [1.82, 2.24) is 4.98 Å². The molecule has 1 aromatic carbocycles. The fraction of sp³-hybridized carbons (Fsp3) is 0.438. The first-order valence-corrected chi connectivity index (χ1v) is 8.52. The SMILES string of the molecule is Cc1ccccc1C(CCl)(CCl)Cc1nc(C)c(C)s1. The second kappa shape index (κ2) is 6.46. The first-order valence-electron chi connectivity index (χ1n) is 6.63. The van der Waals surface area contributed by atoms with Gasteiger partial charge in [0.2, 0.25) is 0 Å². The molecule has 0 spiro atoms. The van der Waals surface area contributed by atoms with Crippen LogP contribution in [0.15, 0.2) is 24.3 Å². The number of halogens is 2. The van der Waals surface area contributed by atoms with Crippen molar-refractivity contribution < 1.29 is 0 Å². The smallest absolute Gasteiger partial charge is 0.0940 e. The molecule has 2 aromatic rings. The van der Waals surface area contributed by atoms with Gasteiger partial charge in [0, 0.05) is 28.5 Å². The maximum absolute atomic E-state index is 6.32. The zero-order valence-corrected chi connectivity index (χ0v) is 14.4. The third-order valence-electron chi connectivity index (χ3n) is 3.79. The molecule has 4 heteroatoms. The van der Waals surface area contributed by atoms with Gasteiger partial charge in [0.25, 0.3) is 0 Å². The Bertz CT molecular complexity index is 568. The lowest BCUT2D eigenvalue weighted by molar-refractivity contribution is 0.531. The lowest BCUT2D eigenvalue weighted by atomic mass is 9.79. The molecule has 1 aromatic heterocycles. The summed E-state index contributed by atoms with van der Waals surface area (Å²) in [5.74, 6) is 0.998. The van der Waals surface area contributed by atoms with Crippen LogP contribution in [0.5, 0.6) is 0 Å². The second-order valence-electron chi connectivity index (χ2n) is 5.29. The highest BCUT2D eigenvalue weighted by molar-refractivity contribution is 7.11. The minimum Gasteiger partial charge on any atom is -0.246 e. The van der Waals surface area contributed by atoms with E-state index < -0.39 is 0 Å². The van der Waals surface area contributed by atoms with Gasteiger partial charge in [0.1, 0.15) is 0 Å². The molecule has 1 heterocycles. The van der Waals surface area contributed by atoms with Crippen molar-refractivity contribution in [3.63, 3.8) is 0 Å². The van der Waals surface area contributed by atoms with Crippen LogP contribution in [0.4, 0.5) is 0 Å². The van der Waals surface area contributed by atoms with Gasteiger partial charge in [-0.1, -0.05) is 24.3 Å². The third kappa shape index (κ3) is 3.03. The number of hydrogen-bond donors (Lipinski definition) is 0. The Hall–Kier alpha value is -0.570. The van der Waals surface area contributed by atoms with Crippen LogP contribution in [0.1, 0.15) is 26.7 Å². The summed E-state index contributed by atoms with van der Waals surface area (Å²) in [5.41, 5.74) is 3.33. The van der Waals surface area contributed by atoms with E-state index in [0.29, 0.717) is 11.8 Å². The monoisotopic (exact) mass is 327 g/mol. The average molecular weight is 328 g/mol. The van der Waals surface area contributed by atoms with E-state index in [1.807, 2.05) is 13.0 Å². The van der Waals surface area contributed by atoms with Gasteiger partial charge in [-0.25, -0.2) is 4.98 Å². The third-order valence-corrected chi connectivity index (χ3v) is 5.89. The Morgan fingerprint density at radius 1 is 1.10 bits per heavy atom. The molecule has 0 N–H and O–H groups in total. The number of benzene rings is 1. The molecular weight excluding hydrogens is 309 g/mol. The molecule has 0 amide bonds. The molecule has 2 rings (SSSR count). The van der Waals surface area contributed by atoms with Gasteiger partial charge < -0.3 is 0 Å². The van der Waals surface area contributed by atoms with Gasteiger partial charge in [-0.2, -0.15) is 0 Å². The minimum atomic E-state index is -0.245. The molecule has 0 fully saturated rings. The molecule has 108 valence electrons. The van der Waals surface area contributed by atoms with Crippen LogP contribution in [0.2, 0.25) is 0 Å². The lowest BCUT2D eigenvalue weighted by Crippen LogP contribution is -2.34. The van der Waals surface area contributed by atoms with E-state index >= 15 is 0 Å². The van der Waals surface area contributed by atoms with Gasteiger partial charge in [-0.15, -0.1) is 34.5 Å². The summed E-state index contributed by atoms with van der Waals surface area (Å²) in [7, 11) is 0. The van der Waals surface area contributed by atoms with Crippen molar-refractivity contribution in [2.45, 2.75) is 32.6 Å². The Labute approximate surface area is 135 Å². The normalized spacial score (nSPS) is 11.8. The molecule has 0 aliphatic carbocycles. The number of thiazole rings is 1. The Kier molecular flexibility index (Phi) is 5.11. The number of aromatic nitrogens is 1. The number of rotatable bonds is 5. The summed E-state index contributed by atoms with van der Waals surface area (Å²) >= 11 is 14.4. The van der Waals surface area contributed by atoms with E-state index in [1.165, 1.54) is 16.0 Å². The molecule has 0 aliphatic rings. The van der Waals surface area contributed by atoms with Gasteiger partial charge in [-0.05, 0) is 31.9 Å². The van der Waals surface area contributed by atoms with E-state index in [1.54, 1.807) is 11.3 Å². The van der Waals surface area contributed by atoms with Crippen molar-refractivity contribution in [3.8, 4) is 0 Å². The molecule has 1 nitrogen and oxygen atoms in total. The molecule has 0 unspecified atom stereocenters. The van der Waals surface area contributed by atoms with Crippen LogP contribution < -0.4 is 0 Å². The molecule has 0 atom stereocenters. The zero-order chi connectivity index (χ0) is 14.8. The predicted octanol–water partition coefficient (Wildman–Crippen LogP) is 5.03. The maximum Gasteiger partial charge on any atom is 0.0940 e. The van der Waals surface area contributed by atoms with Crippen LogP contribution in [-0.4, -0.2) is 16.7 Å². The standard InChI is InChI=1S/C16H19Cl2NS/c1-11-6-4-5-7-14(11)16(9-17,10-18)8-15-19-12(2)13(3)20-15/h4-7H,8-10H2,1-3H3. The molecule has 0 saturated carbocycles. The maximum atomic E-state index is 6.32. The van der Waals surface area contributed by atoms with Crippen LogP contribution >= 0.6 is 34.5 Å². The highest BCUT2D eigenvalue weighted by atomic mass is 35.5. The average Bonchev–Trinajstić information content (AvgIpc) is 2.75. The number of aryl methyl sites for hydroxylation is 3. The summed E-state index contributed by atoms with van der Waals surface area (Å²) < 4.78 is 0. The van der Waals surface area contributed by atoms with E-state index in [2.05, 4.69) is 37.0 Å². The summed E-state index contributed by atoms with van der Waals surface area (Å²) in [6.45, 7) is 6.26. The summed E-state index contributed by atoms with van der Waals surface area (Å²) in [5, 5.41) is 1.12. The van der Waals surface area contributed by atoms with E-state index in [-0.39, 0.29) is 5.41 Å². The summed E-state index contributed by atoms with van der Waals surface area (Å²) in [6.07, 6.45) is 0.796. The van der Waals surface area contributed by atoms with Gasteiger partial charge in [0.15, 0.2) is 0 Å². The van der Waals surface area contributed by atoms with Crippen molar-refractivity contribution in [2.24, 2.45) is 0 Å². The highest BCUT2D eigenvalue weighted by Gasteiger charge is 2.33. The van der Waals surface area contributed by atoms with Crippen LogP contribution in [0.25, 0.3) is 0 Å². The summed E-state index contributed by atoms with van der Waals surface area (Å²) in [6, 6.07) is 8.34. The predicted molar refractivity (Wildman–Crippen MR) is 89.6 cm³/mol. The van der Waals surface area contributed by atoms with E-state index in [0.717, 1.165) is 17.1 Å². The van der Waals surface area contributed by atoms with Crippen molar-refractivity contribution in [1.29, 1.82) is 0 Å². The quantitative estimate of drug-likeness (QED) is 0.702. The van der Waals surface area contributed by atoms with Gasteiger partial charge in [-0.3, -0.25) is 0 Å². The van der Waals surface area contributed by atoms with Crippen molar-refractivity contribution >= 4 is 34.5 Å². The summed E-state index contributed by atoms with van der Waals surface area (Å²) in [4.78, 5) is 5.91. The highest BCUT2D eigenvalue weighted by Crippen LogP contribution is 2.35. The number of hydrogen-bond acceptors (Lipinski definition) is 2. The van der Waals surface area contributed by atoms with E-state index in [9.17, 15) is 0 Å². The van der Waals surface area contributed by atoms with Crippen LogP contribution in [0.3, 0.4) is 0 Å². The fourth-order valence-corrected chi connectivity index (χ4v) is 4.28. The second-order valence-corrected chi connectivity index (χ2v) is 7.11. The topological polar surface area (TPSA) is 12.9 Å². The molecule has 0 bridgehead atoms. The van der Waals surface area contributed by atoms with Gasteiger partial charge >= 0.3 is 0 Å². The first kappa shape index (κ1) is 15.8. The molecule has 0 aliphatic heterocycles. The van der Waals surface area contributed by atoms with Crippen LogP contribution in [-0.2, 0) is 11.8 Å². The largest absolute Gasteiger partial charge is 0.246 e. The Balaban J connectivity index is 2.42. The Morgan fingerprint density at radius 3 is 2.25 bits per heavy atom. The molecule has 0 saturated heterocycles. The molecule has 20 heavy (non-hydrogen) atoms. The first-order chi connectivity index (χ1) is 9.52. The van der Waals surface area contributed by atoms with Gasteiger partial charge in [0.05, 0.1) is 10.7 Å². The Morgan fingerprint density at radius 2 is 1.75 bits per heavy atom. The zero-order valence-electron chi connectivity index (χ0n) is 12.0. The molecule has 0 radical (unpaired) electrons.